The first-order valence-corrected chi connectivity index (χ1v) is 5.40. The molecule has 0 spiro atoms. The van der Waals surface area contributed by atoms with Crippen LogP contribution in [0.25, 0.3) is 0 Å². The van der Waals surface area contributed by atoms with Gasteiger partial charge >= 0.3 is 0 Å². The van der Waals surface area contributed by atoms with Crippen LogP contribution in [0.1, 0.15) is 26.7 Å². The average molecular weight is 198 g/mol. The number of hydrogen-bond acceptors (Lipinski definition) is 3. The Labute approximate surface area is 85.0 Å². The van der Waals surface area contributed by atoms with Gasteiger partial charge in [0.2, 0.25) is 0 Å². The lowest BCUT2D eigenvalue weighted by Gasteiger charge is -2.16. The Morgan fingerprint density at radius 1 is 1.29 bits per heavy atom. The van der Waals surface area contributed by atoms with Crippen molar-refractivity contribution in [1.82, 2.24) is 0 Å². The zero-order valence-corrected chi connectivity index (χ0v) is 8.81. The third-order valence-electron chi connectivity index (χ3n) is 2.69. The van der Waals surface area contributed by atoms with E-state index in [1.165, 1.54) is 0 Å². The first kappa shape index (κ1) is 10.1. The molecule has 80 valence electrons. The van der Waals surface area contributed by atoms with Crippen LogP contribution in [0.4, 0.5) is 0 Å². The molecule has 2 aliphatic heterocycles. The van der Waals surface area contributed by atoms with Crippen LogP contribution in [0.5, 0.6) is 0 Å². The Morgan fingerprint density at radius 3 is 2.86 bits per heavy atom. The molecule has 0 radical (unpaired) electrons. The van der Waals surface area contributed by atoms with E-state index in [2.05, 4.69) is 12.2 Å². The lowest BCUT2D eigenvalue weighted by Crippen LogP contribution is -2.22. The van der Waals surface area contributed by atoms with Crippen LogP contribution < -0.4 is 0 Å². The second-order valence-corrected chi connectivity index (χ2v) is 3.71. The van der Waals surface area contributed by atoms with Crippen LogP contribution in [0.3, 0.4) is 0 Å². The van der Waals surface area contributed by atoms with Crippen LogP contribution in [-0.2, 0) is 14.2 Å². The summed E-state index contributed by atoms with van der Waals surface area (Å²) >= 11 is 0. The fourth-order valence-corrected chi connectivity index (χ4v) is 1.94. The highest BCUT2D eigenvalue weighted by Gasteiger charge is 2.58. The van der Waals surface area contributed by atoms with Crippen molar-refractivity contribution in [3.05, 3.63) is 12.2 Å². The Bertz CT molecular complexity index is 215. The molecule has 2 fully saturated rings. The van der Waals surface area contributed by atoms with Gasteiger partial charge in [0.1, 0.15) is 12.2 Å². The van der Waals surface area contributed by atoms with E-state index in [4.69, 9.17) is 14.2 Å². The minimum absolute atomic E-state index is 0.111. The normalized spacial score (nSPS) is 40.4. The molecule has 2 heterocycles. The van der Waals surface area contributed by atoms with Crippen molar-refractivity contribution >= 4 is 0 Å². The van der Waals surface area contributed by atoms with Crippen molar-refractivity contribution in [2.75, 3.05) is 6.61 Å². The summed E-state index contributed by atoms with van der Waals surface area (Å²) in [5.74, 6) is 0. The molecule has 0 aromatic carbocycles. The molecule has 0 aromatic rings. The van der Waals surface area contributed by atoms with Crippen molar-refractivity contribution in [2.45, 2.75) is 51.3 Å². The topological polar surface area (TPSA) is 31.0 Å². The van der Waals surface area contributed by atoms with Crippen LogP contribution in [0, 0.1) is 0 Å². The van der Waals surface area contributed by atoms with Crippen molar-refractivity contribution < 1.29 is 14.2 Å². The average Bonchev–Trinajstić information content (AvgIpc) is 2.89. The summed E-state index contributed by atoms with van der Waals surface area (Å²) in [6.45, 7) is 4.71. The highest BCUT2D eigenvalue weighted by molar-refractivity contribution is 5.00. The van der Waals surface area contributed by atoms with Crippen LogP contribution >= 0.6 is 0 Å². The third kappa shape index (κ3) is 2.00. The molecule has 0 amide bonds. The number of ether oxygens (including phenoxy) is 3. The van der Waals surface area contributed by atoms with E-state index in [0.29, 0.717) is 12.7 Å². The number of epoxide rings is 1. The van der Waals surface area contributed by atoms with Crippen LogP contribution in [0.2, 0.25) is 0 Å². The van der Waals surface area contributed by atoms with Crippen LogP contribution in [-0.4, -0.2) is 31.2 Å². The first-order chi connectivity index (χ1) is 6.86. The summed E-state index contributed by atoms with van der Waals surface area (Å²) in [4.78, 5) is 0. The van der Waals surface area contributed by atoms with Gasteiger partial charge in [-0.25, -0.2) is 0 Å². The van der Waals surface area contributed by atoms with E-state index >= 15 is 0 Å². The molecule has 1 unspecified atom stereocenters. The summed E-state index contributed by atoms with van der Waals surface area (Å²) in [5.41, 5.74) is 0. The highest BCUT2D eigenvalue weighted by atomic mass is 16.8. The van der Waals surface area contributed by atoms with Gasteiger partial charge in [0.05, 0.1) is 6.10 Å². The second-order valence-electron chi connectivity index (χ2n) is 3.71. The van der Waals surface area contributed by atoms with Gasteiger partial charge in [-0.05, 0) is 26.7 Å². The second kappa shape index (κ2) is 4.43. The molecule has 0 bridgehead atoms. The summed E-state index contributed by atoms with van der Waals surface area (Å²) < 4.78 is 16.6. The van der Waals surface area contributed by atoms with Crippen LogP contribution in [0.15, 0.2) is 12.2 Å². The molecule has 0 N–H and O–H groups in total. The summed E-state index contributed by atoms with van der Waals surface area (Å²) in [7, 11) is 0. The molecule has 2 aliphatic rings. The molecular formula is C11H18O3. The minimum Gasteiger partial charge on any atom is -0.361 e. The molecule has 2 saturated heterocycles. The Hall–Kier alpha value is -0.380. The monoisotopic (exact) mass is 198 g/mol. The van der Waals surface area contributed by atoms with E-state index in [9.17, 15) is 0 Å². The Kier molecular flexibility index (Phi) is 3.21. The van der Waals surface area contributed by atoms with Crippen molar-refractivity contribution in [1.29, 1.82) is 0 Å². The molecule has 14 heavy (non-hydrogen) atoms. The molecule has 0 saturated carbocycles. The SMILES string of the molecule is C/C=C\CC[C@H]1OC(OCC)[C@@H]2O[C@H]12. The predicted octanol–water partition coefficient (Wildman–Crippen LogP) is 1.87. The fourth-order valence-electron chi connectivity index (χ4n) is 1.94. The smallest absolute Gasteiger partial charge is 0.186 e. The van der Waals surface area contributed by atoms with Gasteiger partial charge in [0, 0.05) is 6.61 Å². The van der Waals surface area contributed by atoms with E-state index < -0.39 is 0 Å². The van der Waals surface area contributed by atoms with Gasteiger partial charge in [0.25, 0.3) is 0 Å². The largest absolute Gasteiger partial charge is 0.361 e. The molecular weight excluding hydrogens is 180 g/mol. The minimum atomic E-state index is -0.111. The summed E-state index contributed by atoms with van der Waals surface area (Å²) in [5, 5.41) is 0. The van der Waals surface area contributed by atoms with Gasteiger partial charge in [-0.1, -0.05) is 12.2 Å². The van der Waals surface area contributed by atoms with E-state index in [1.807, 2.05) is 13.8 Å². The molecule has 4 atom stereocenters. The van der Waals surface area contributed by atoms with Crippen molar-refractivity contribution in [2.24, 2.45) is 0 Å². The van der Waals surface area contributed by atoms with Gasteiger partial charge in [-0.3, -0.25) is 0 Å². The quantitative estimate of drug-likeness (QED) is 0.499. The molecule has 3 nitrogen and oxygen atoms in total. The number of rotatable bonds is 5. The highest BCUT2D eigenvalue weighted by Crippen LogP contribution is 2.41. The first-order valence-electron chi connectivity index (χ1n) is 5.40. The lowest BCUT2D eigenvalue weighted by atomic mass is 10.1. The van der Waals surface area contributed by atoms with E-state index in [-0.39, 0.29) is 18.5 Å². The van der Waals surface area contributed by atoms with Crippen molar-refractivity contribution in [3.8, 4) is 0 Å². The third-order valence-corrected chi connectivity index (χ3v) is 2.69. The fraction of sp³-hybridized carbons (Fsp3) is 0.818. The van der Waals surface area contributed by atoms with Crippen molar-refractivity contribution in [3.63, 3.8) is 0 Å². The molecule has 0 aliphatic carbocycles. The zero-order chi connectivity index (χ0) is 9.97. The van der Waals surface area contributed by atoms with E-state index in [1.54, 1.807) is 0 Å². The Balaban J connectivity index is 1.75. The predicted molar refractivity (Wildman–Crippen MR) is 53.0 cm³/mol. The molecule has 0 aromatic heterocycles. The standard InChI is InChI=1S/C11H18O3/c1-3-5-6-7-8-9-10(14-9)11(13-8)12-4-2/h3,5,8-11H,4,6-7H2,1-2H3/b5-3-/t8-,9-,10-,11?/m1/s1. The van der Waals surface area contributed by atoms with Gasteiger partial charge in [0.15, 0.2) is 6.29 Å². The van der Waals surface area contributed by atoms with Gasteiger partial charge < -0.3 is 14.2 Å². The van der Waals surface area contributed by atoms with Gasteiger partial charge in [-0.2, -0.15) is 0 Å². The molecule has 2 rings (SSSR count). The van der Waals surface area contributed by atoms with Gasteiger partial charge in [-0.15, -0.1) is 0 Å². The zero-order valence-electron chi connectivity index (χ0n) is 8.81. The van der Waals surface area contributed by atoms with E-state index in [0.717, 1.165) is 12.8 Å². The maximum Gasteiger partial charge on any atom is 0.186 e. The Morgan fingerprint density at radius 2 is 2.14 bits per heavy atom. The number of fused-ring (bicyclic) bond motifs is 1. The maximum atomic E-state index is 5.73. The summed E-state index contributed by atoms with van der Waals surface area (Å²) in [6, 6.07) is 0. The number of allylic oxidation sites excluding steroid dienone is 2. The maximum absolute atomic E-state index is 5.73. The molecule has 3 heteroatoms. The lowest BCUT2D eigenvalue weighted by molar-refractivity contribution is -0.171. The number of hydrogen-bond donors (Lipinski definition) is 0. The summed E-state index contributed by atoms with van der Waals surface area (Å²) in [6.07, 6.45) is 6.98.